The fourth-order valence-electron chi connectivity index (χ4n) is 3.68. The van der Waals surface area contributed by atoms with Crippen LogP contribution in [0.5, 0.6) is 11.5 Å². The first-order chi connectivity index (χ1) is 18.2. The molecule has 1 saturated heterocycles. The monoisotopic (exact) mass is 559 g/mol. The third-order valence-corrected chi connectivity index (χ3v) is 6.82. The van der Waals surface area contributed by atoms with Gasteiger partial charge < -0.3 is 14.8 Å². The van der Waals surface area contributed by atoms with Crippen LogP contribution in [-0.2, 0) is 16.0 Å². The van der Waals surface area contributed by atoms with E-state index in [0.29, 0.717) is 35.3 Å². The summed E-state index contributed by atoms with van der Waals surface area (Å²) >= 11 is 5.97. The molecule has 1 fully saturated rings. The average Bonchev–Trinajstić information content (AvgIpc) is 2.89. The van der Waals surface area contributed by atoms with Crippen molar-refractivity contribution in [1.82, 2.24) is 4.90 Å². The number of carbonyl (C=O) groups excluding carboxylic acids is 2. The van der Waals surface area contributed by atoms with E-state index in [1.165, 1.54) is 36.0 Å². The third kappa shape index (κ3) is 7.69. The van der Waals surface area contributed by atoms with Gasteiger partial charge in [0, 0.05) is 30.3 Å². The summed E-state index contributed by atoms with van der Waals surface area (Å²) in [7, 11) is 1.57. The first-order valence-electron chi connectivity index (χ1n) is 11.6. The summed E-state index contributed by atoms with van der Waals surface area (Å²) < 4.78 is 35.1. The molecule has 1 N–H and O–H groups in total. The van der Waals surface area contributed by atoms with Gasteiger partial charge >= 0.3 is 5.57 Å². The number of rotatable bonds is 9. The van der Waals surface area contributed by atoms with Gasteiger partial charge in [0.1, 0.15) is 16.7 Å². The molecule has 1 atom stereocenters. The summed E-state index contributed by atoms with van der Waals surface area (Å²) in [6, 6.07) is 22.2. The molecule has 0 aliphatic carbocycles. The summed E-state index contributed by atoms with van der Waals surface area (Å²) in [6.07, 6.45) is 0.605. The Morgan fingerprint density at radius 1 is 1.08 bits per heavy atom. The molecule has 198 valence electrons. The Hall–Kier alpha value is -3.63. The number of hydrogen-bond donors (Lipinski definition) is 1. The number of benzene rings is 3. The van der Waals surface area contributed by atoms with Crippen molar-refractivity contribution >= 4 is 51.7 Å². The van der Waals surface area contributed by atoms with E-state index in [1.807, 2.05) is 30.3 Å². The van der Waals surface area contributed by atoms with Crippen molar-refractivity contribution in [3.63, 3.8) is 0 Å². The minimum atomic E-state index is -3.84. The van der Waals surface area contributed by atoms with E-state index in [1.54, 1.807) is 36.3 Å². The molecule has 3 aromatic carbocycles. The van der Waals surface area contributed by atoms with Crippen LogP contribution < -0.4 is 14.8 Å². The zero-order chi connectivity index (χ0) is 27.1. The molecule has 0 spiro atoms. The van der Waals surface area contributed by atoms with Crippen LogP contribution in [-0.4, -0.2) is 46.4 Å². The molecule has 38 heavy (non-hydrogen) atoms. The van der Waals surface area contributed by atoms with Crippen LogP contribution in [0.1, 0.15) is 12.0 Å². The summed E-state index contributed by atoms with van der Waals surface area (Å²) in [4.78, 5) is 32.5. The molecular formula is C27H24ClF2N3O4S. The highest BCUT2D eigenvalue weighted by Gasteiger charge is 2.36. The second-order valence-electron chi connectivity index (χ2n) is 8.25. The Kier molecular flexibility index (Phi) is 8.85. The summed E-state index contributed by atoms with van der Waals surface area (Å²) in [5.41, 5.74) is -1.80. The maximum absolute atomic E-state index is 13.2. The number of nitrogens with one attached hydrogen (secondary N) is 1. The topological polar surface area (TPSA) is 80.2 Å². The molecular weight excluding hydrogens is 536 g/mol. The van der Waals surface area contributed by atoms with Crippen molar-refractivity contribution in [2.45, 2.75) is 23.7 Å². The van der Waals surface area contributed by atoms with Crippen molar-refractivity contribution in [2.75, 3.05) is 19.0 Å². The number of alkyl halides is 3. The van der Waals surface area contributed by atoms with Crippen LogP contribution in [0.4, 0.5) is 20.2 Å². The highest BCUT2D eigenvalue weighted by molar-refractivity contribution is 8.15. The molecule has 0 bridgehead atoms. The number of halogens is 3. The van der Waals surface area contributed by atoms with Crippen LogP contribution in [0.3, 0.4) is 0 Å². The fraction of sp³-hybridized carbons (Fsp3) is 0.222. The normalized spacial score (nSPS) is 16.8. The molecule has 1 heterocycles. The number of anilines is 1. The lowest BCUT2D eigenvalue weighted by molar-refractivity contribution is -0.129. The maximum atomic E-state index is 13.2. The number of carbonyl (C=O) groups is 2. The number of aliphatic imine (C=N–C) groups is 1. The number of ether oxygens (including phenoxy) is 2. The fourth-order valence-corrected chi connectivity index (χ4v) is 4.89. The van der Waals surface area contributed by atoms with E-state index in [9.17, 15) is 18.4 Å². The van der Waals surface area contributed by atoms with Gasteiger partial charge in [0.05, 0.1) is 12.8 Å². The lowest BCUT2D eigenvalue weighted by Crippen LogP contribution is -2.46. The van der Waals surface area contributed by atoms with Crippen LogP contribution >= 0.6 is 23.4 Å². The number of nitrogens with zero attached hydrogens (tertiary/aromatic N) is 2. The number of thioether (sulfide) groups is 1. The second-order valence-corrected chi connectivity index (χ2v) is 9.86. The number of methoxy groups -OCH3 is 1. The quantitative estimate of drug-likeness (QED) is 0.322. The number of amides is 2. The average molecular weight is 560 g/mol. The van der Waals surface area contributed by atoms with Gasteiger partial charge in [0.2, 0.25) is 11.8 Å². The molecule has 0 unspecified atom stereocenters. The molecule has 0 saturated carbocycles. The highest BCUT2D eigenvalue weighted by atomic mass is 35.5. The Balaban J connectivity index is 1.50. The van der Waals surface area contributed by atoms with Crippen LogP contribution in [0.2, 0.25) is 0 Å². The second kappa shape index (κ2) is 12.3. The first kappa shape index (κ1) is 27.4. The zero-order valence-corrected chi connectivity index (χ0v) is 21.8. The minimum Gasteiger partial charge on any atom is -0.497 e. The van der Waals surface area contributed by atoms with E-state index < -0.39 is 16.7 Å². The SMILES string of the molecule is COc1ccc(N=C2S[C@@H](C(=O)Nc3ccc(OC(F)(F)Cl)cc3)CC(=O)N2CCc2ccccc2)cc1. The molecule has 4 rings (SSSR count). The molecule has 0 radical (unpaired) electrons. The van der Waals surface area contributed by atoms with Gasteiger partial charge in [-0.2, -0.15) is 0 Å². The predicted molar refractivity (Wildman–Crippen MR) is 144 cm³/mol. The zero-order valence-electron chi connectivity index (χ0n) is 20.3. The molecule has 11 heteroatoms. The summed E-state index contributed by atoms with van der Waals surface area (Å²) in [5.74, 6) is -0.121. The Labute approximate surface area is 227 Å². The Morgan fingerprint density at radius 2 is 1.74 bits per heavy atom. The van der Waals surface area contributed by atoms with Crippen LogP contribution in [0.15, 0.2) is 83.9 Å². The number of amidine groups is 1. The van der Waals surface area contributed by atoms with Gasteiger partial charge in [0.25, 0.3) is 0 Å². The van der Waals surface area contributed by atoms with E-state index >= 15 is 0 Å². The summed E-state index contributed by atoms with van der Waals surface area (Å²) in [6.45, 7) is 0.409. The molecule has 7 nitrogen and oxygen atoms in total. The smallest absolute Gasteiger partial charge is 0.487 e. The van der Waals surface area contributed by atoms with Gasteiger partial charge in [-0.1, -0.05) is 42.1 Å². The lowest BCUT2D eigenvalue weighted by Gasteiger charge is -2.32. The molecule has 2 amide bonds. The molecule has 1 aliphatic heterocycles. The van der Waals surface area contributed by atoms with Gasteiger partial charge in [-0.25, -0.2) is 4.99 Å². The van der Waals surface area contributed by atoms with Crippen molar-refractivity contribution in [3.8, 4) is 11.5 Å². The van der Waals surface area contributed by atoms with Crippen LogP contribution in [0.25, 0.3) is 0 Å². The van der Waals surface area contributed by atoms with Crippen molar-refractivity contribution in [2.24, 2.45) is 4.99 Å². The van der Waals surface area contributed by atoms with Crippen molar-refractivity contribution < 1.29 is 27.8 Å². The van der Waals surface area contributed by atoms with Gasteiger partial charge in [-0.05, 0) is 60.5 Å². The lowest BCUT2D eigenvalue weighted by atomic mass is 10.1. The highest BCUT2D eigenvalue weighted by Crippen LogP contribution is 2.31. The first-order valence-corrected chi connectivity index (χ1v) is 12.9. The maximum Gasteiger partial charge on any atom is 0.487 e. The Morgan fingerprint density at radius 3 is 2.37 bits per heavy atom. The van der Waals surface area contributed by atoms with Gasteiger partial charge in [0.15, 0.2) is 5.17 Å². The standard InChI is InChI=1S/C27H24ClF2N3O4S/c1-36-21-11-7-20(8-12-21)32-26-33(16-15-18-5-3-2-4-6-18)24(34)17-23(38-26)25(35)31-19-9-13-22(14-10-19)37-27(28,29)30/h2-14,23H,15-17H2,1H3,(H,31,35)/t23-/m1/s1. The minimum absolute atomic E-state index is 0.0212. The summed E-state index contributed by atoms with van der Waals surface area (Å²) in [5, 5.41) is 2.39. The van der Waals surface area contributed by atoms with Gasteiger partial charge in [-0.15, -0.1) is 8.78 Å². The van der Waals surface area contributed by atoms with E-state index in [0.717, 1.165) is 5.56 Å². The third-order valence-electron chi connectivity index (χ3n) is 5.55. The van der Waals surface area contributed by atoms with Crippen molar-refractivity contribution in [3.05, 3.63) is 84.4 Å². The Bertz CT molecular complexity index is 1290. The van der Waals surface area contributed by atoms with Crippen molar-refractivity contribution in [1.29, 1.82) is 0 Å². The number of hydrogen-bond acceptors (Lipinski definition) is 6. The van der Waals surface area contributed by atoms with E-state index in [-0.39, 0.29) is 18.1 Å². The molecule has 1 aliphatic rings. The van der Waals surface area contributed by atoms with E-state index in [2.05, 4.69) is 15.0 Å². The van der Waals surface area contributed by atoms with Gasteiger partial charge in [-0.3, -0.25) is 14.5 Å². The predicted octanol–water partition coefficient (Wildman–Crippen LogP) is 6.07. The molecule has 3 aromatic rings. The largest absolute Gasteiger partial charge is 0.497 e. The molecule has 0 aromatic heterocycles. The van der Waals surface area contributed by atoms with Crippen LogP contribution in [0, 0.1) is 0 Å². The van der Waals surface area contributed by atoms with E-state index in [4.69, 9.17) is 16.3 Å².